The van der Waals surface area contributed by atoms with Gasteiger partial charge in [0.05, 0.1) is 5.56 Å². The van der Waals surface area contributed by atoms with Crippen molar-refractivity contribution in [3.8, 4) is 0 Å². The molecule has 1 aromatic carbocycles. The van der Waals surface area contributed by atoms with E-state index < -0.39 is 11.6 Å². The number of methoxy groups -OCH3 is 1. The molecule has 19 heavy (non-hydrogen) atoms. The van der Waals surface area contributed by atoms with Crippen LogP contribution in [0.3, 0.4) is 0 Å². The van der Waals surface area contributed by atoms with Crippen molar-refractivity contribution in [2.75, 3.05) is 7.11 Å². The Kier molecular flexibility index (Phi) is 5.06. The van der Waals surface area contributed by atoms with E-state index in [9.17, 15) is 9.59 Å². The van der Waals surface area contributed by atoms with Crippen LogP contribution in [0, 0.1) is 0 Å². The lowest BCUT2D eigenvalue weighted by Gasteiger charge is -2.25. The van der Waals surface area contributed by atoms with Gasteiger partial charge in [-0.05, 0) is 31.0 Å². The number of ether oxygens (including phenoxy) is 1. The minimum absolute atomic E-state index is 0.205. The first-order valence-corrected chi connectivity index (χ1v) is 6.08. The number of hydrogen-bond donors (Lipinski definition) is 2. The van der Waals surface area contributed by atoms with E-state index in [0.29, 0.717) is 6.42 Å². The van der Waals surface area contributed by atoms with Crippen molar-refractivity contribution in [1.29, 1.82) is 0 Å². The van der Waals surface area contributed by atoms with Gasteiger partial charge in [-0.15, -0.1) is 0 Å². The van der Waals surface area contributed by atoms with Crippen molar-refractivity contribution in [1.82, 2.24) is 5.32 Å². The minimum atomic E-state index is -0.983. The molecular weight excluding hydrogens is 246 g/mol. The number of aromatic carboxylic acids is 1. The first-order chi connectivity index (χ1) is 8.92. The molecular formula is C14H19NO4. The van der Waals surface area contributed by atoms with E-state index in [4.69, 9.17) is 9.84 Å². The molecule has 104 valence electrons. The smallest absolute Gasteiger partial charge is 0.335 e. The second-order valence-corrected chi connectivity index (χ2v) is 4.48. The fourth-order valence-corrected chi connectivity index (χ4v) is 1.58. The standard InChI is InChI=1S/C14H19NO4/c1-4-14(2,19-3)13(18)15-9-10-6-5-7-11(8-10)12(16)17/h5-8H,4,9H2,1-3H3,(H,15,18)(H,16,17). The summed E-state index contributed by atoms with van der Waals surface area (Å²) in [6, 6.07) is 6.47. The molecule has 0 aliphatic rings. The number of amides is 1. The van der Waals surface area contributed by atoms with Crippen molar-refractivity contribution in [2.24, 2.45) is 0 Å². The average molecular weight is 265 g/mol. The second-order valence-electron chi connectivity index (χ2n) is 4.48. The van der Waals surface area contributed by atoms with Gasteiger partial charge in [-0.1, -0.05) is 19.1 Å². The summed E-state index contributed by atoms with van der Waals surface area (Å²) >= 11 is 0. The molecule has 0 fully saturated rings. The zero-order chi connectivity index (χ0) is 14.5. The number of carboxylic acid groups (broad SMARTS) is 1. The molecule has 0 aliphatic carbocycles. The number of benzene rings is 1. The zero-order valence-corrected chi connectivity index (χ0v) is 11.4. The molecule has 1 unspecified atom stereocenters. The third-order valence-electron chi connectivity index (χ3n) is 3.23. The molecule has 0 radical (unpaired) electrons. The quantitative estimate of drug-likeness (QED) is 0.822. The van der Waals surface area contributed by atoms with Crippen LogP contribution < -0.4 is 5.32 Å². The van der Waals surface area contributed by atoms with Crippen LogP contribution in [0.15, 0.2) is 24.3 Å². The van der Waals surface area contributed by atoms with Crippen LogP contribution in [0.5, 0.6) is 0 Å². The molecule has 0 aromatic heterocycles. The van der Waals surface area contributed by atoms with E-state index in [1.165, 1.54) is 13.2 Å². The molecule has 5 nitrogen and oxygen atoms in total. The number of rotatable bonds is 6. The van der Waals surface area contributed by atoms with E-state index in [-0.39, 0.29) is 18.0 Å². The lowest BCUT2D eigenvalue weighted by atomic mass is 10.0. The number of nitrogens with one attached hydrogen (secondary N) is 1. The van der Waals surface area contributed by atoms with Crippen LogP contribution in [0.1, 0.15) is 36.2 Å². The van der Waals surface area contributed by atoms with Gasteiger partial charge in [0.15, 0.2) is 0 Å². The highest BCUT2D eigenvalue weighted by Gasteiger charge is 2.30. The van der Waals surface area contributed by atoms with Crippen molar-refractivity contribution < 1.29 is 19.4 Å². The predicted molar refractivity (Wildman–Crippen MR) is 71.0 cm³/mol. The molecule has 1 aromatic rings. The molecule has 0 saturated heterocycles. The van der Waals surface area contributed by atoms with Gasteiger partial charge in [-0.25, -0.2) is 4.79 Å². The van der Waals surface area contributed by atoms with E-state index in [0.717, 1.165) is 5.56 Å². The lowest BCUT2D eigenvalue weighted by molar-refractivity contribution is -0.142. The monoisotopic (exact) mass is 265 g/mol. The zero-order valence-electron chi connectivity index (χ0n) is 11.4. The maximum Gasteiger partial charge on any atom is 0.335 e. The molecule has 0 heterocycles. The van der Waals surface area contributed by atoms with Crippen LogP contribution in [-0.2, 0) is 16.1 Å². The summed E-state index contributed by atoms with van der Waals surface area (Å²) in [7, 11) is 1.49. The highest BCUT2D eigenvalue weighted by molar-refractivity contribution is 5.88. The Morgan fingerprint density at radius 2 is 2.11 bits per heavy atom. The fourth-order valence-electron chi connectivity index (χ4n) is 1.58. The summed E-state index contributed by atoms with van der Waals surface area (Å²) in [4.78, 5) is 22.8. The number of hydrogen-bond acceptors (Lipinski definition) is 3. The molecule has 0 spiro atoms. The van der Waals surface area contributed by atoms with Crippen LogP contribution >= 0.6 is 0 Å². The summed E-state index contributed by atoms with van der Waals surface area (Å²) in [5.41, 5.74) is 0.0873. The summed E-state index contributed by atoms with van der Waals surface area (Å²) in [5, 5.41) is 11.6. The van der Waals surface area contributed by atoms with E-state index in [1.54, 1.807) is 25.1 Å². The Balaban J connectivity index is 2.69. The second kappa shape index (κ2) is 6.33. The van der Waals surface area contributed by atoms with E-state index in [1.807, 2.05) is 6.92 Å². The Hall–Kier alpha value is -1.88. The maximum atomic E-state index is 12.0. The Labute approximate surface area is 112 Å². The molecule has 1 rings (SSSR count). The van der Waals surface area contributed by atoms with Crippen molar-refractivity contribution in [3.63, 3.8) is 0 Å². The Morgan fingerprint density at radius 3 is 2.63 bits per heavy atom. The fraction of sp³-hybridized carbons (Fsp3) is 0.429. The van der Waals surface area contributed by atoms with Gasteiger partial charge < -0.3 is 15.2 Å². The van der Waals surface area contributed by atoms with Gasteiger partial charge in [-0.2, -0.15) is 0 Å². The molecule has 1 atom stereocenters. The number of carboxylic acids is 1. The van der Waals surface area contributed by atoms with Gasteiger partial charge in [0.2, 0.25) is 0 Å². The van der Waals surface area contributed by atoms with E-state index in [2.05, 4.69) is 5.32 Å². The van der Waals surface area contributed by atoms with Gasteiger partial charge in [-0.3, -0.25) is 4.79 Å². The van der Waals surface area contributed by atoms with Crippen molar-refractivity contribution in [3.05, 3.63) is 35.4 Å². The predicted octanol–water partition coefficient (Wildman–Crippen LogP) is 1.82. The Morgan fingerprint density at radius 1 is 1.42 bits per heavy atom. The minimum Gasteiger partial charge on any atom is -0.478 e. The first-order valence-electron chi connectivity index (χ1n) is 6.08. The van der Waals surface area contributed by atoms with Gasteiger partial charge in [0, 0.05) is 13.7 Å². The highest BCUT2D eigenvalue weighted by atomic mass is 16.5. The number of carbonyl (C=O) groups is 2. The lowest BCUT2D eigenvalue weighted by Crippen LogP contribution is -2.45. The summed E-state index contributed by atoms with van der Waals surface area (Å²) in [6.07, 6.45) is 0.560. The van der Waals surface area contributed by atoms with Gasteiger partial charge in [0.1, 0.15) is 5.60 Å². The molecule has 2 N–H and O–H groups in total. The van der Waals surface area contributed by atoms with Crippen LogP contribution in [0.2, 0.25) is 0 Å². The van der Waals surface area contributed by atoms with Crippen LogP contribution in [0.25, 0.3) is 0 Å². The highest BCUT2D eigenvalue weighted by Crippen LogP contribution is 2.14. The third-order valence-corrected chi connectivity index (χ3v) is 3.23. The largest absolute Gasteiger partial charge is 0.478 e. The van der Waals surface area contributed by atoms with E-state index >= 15 is 0 Å². The number of carbonyl (C=O) groups excluding carboxylic acids is 1. The Bertz CT molecular complexity index is 466. The average Bonchev–Trinajstić information content (AvgIpc) is 2.44. The molecule has 0 bridgehead atoms. The SMILES string of the molecule is CCC(C)(OC)C(=O)NCc1cccc(C(=O)O)c1. The molecule has 1 amide bonds. The van der Waals surface area contributed by atoms with Crippen molar-refractivity contribution >= 4 is 11.9 Å². The third kappa shape index (κ3) is 3.79. The molecule has 0 saturated carbocycles. The summed E-state index contributed by atoms with van der Waals surface area (Å²) in [6.45, 7) is 3.86. The summed E-state index contributed by atoms with van der Waals surface area (Å²) < 4.78 is 5.19. The van der Waals surface area contributed by atoms with Gasteiger partial charge >= 0.3 is 5.97 Å². The van der Waals surface area contributed by atoms with Crippen molar-refractivity contribution in [2.45, 2.75) is 32.4 Å². The summed E-state index contributed by atoms with van der Waals surface area (Å²) in [5.74, 6) is -1.19. The normalized spacial score (nSPS) is 13.6. The topological polar surface area (TPSA) is 75.6 Å². The van der Waals surface area contributed by atoms with Crippen LogP contribution in [-0.4, -0.2) is 29.7 Å². The van der Waals surface area contributed by atoms with Crippen LogP contribution in [0.4, 0.5) is 0 Å². The van der Waals surface area contributed by atoms with Gasteiger partial charge in [0.25, 0.3) is 5.91 Å². The first kappa shape index (κ1) is 15.2. The molecule has 5 heteroatoms. The maximum absolute atomic E-state index is 12.0. The molecule has 0 aliphatic heterocycles.